The van der Waals surface area contributed by atoms with Gasteiger partial charge in [0.05, 0.1) is 11.4 Å². The molecule has 0 fully saturated rings. The topological polar surface area (TPSA) is 87.0 Å². The number of fused-ring (bicyclic) bond motifs is 1. The third-order valence-electron chi connectivity index (χ3n) is 2.86. The van der Waals surface area contributed by atoms with Crippen LogP contribution < -0.4 is 16.0 Å². The van der Waals surface area contributed by atoms with E-state index in [4.69, 9.17) is 5.73 Å². The summed E-state index contributed by atoms with van der Waals surface area (Å²) in [6.45, 7) is 2.04. The molecule has 1 aromatic heterocycles. The van der Waals surface area contributed by atoms with E-state index in [0.717, 1.165) is 17.2 Å². The number of H-pyrrole nitrogens is 1. The van der Waals surface area contributed by atoms with Crippen molar-refractivity contribution in [3.8, 4) is 0 Å². The first-order chi connectivity index (χ1) is 8.65. The number of amides is 1. The summed E-state index contributed by atoms with van der Waals surface area (Å²) >= 11 is 0. The highest BCUT2D eigenvalue weighted by Crippen LogP contribution is 2.35. The Labute approximate surface area is 104 Å². The molecule has 18 heavy (non-hydrogen) atoms. The summed E-state index contributed by atoms with van der Waals surface area (Å²) in [5.41, 5.74) is 7.55. The van der Waals surface area contributed by atoms with Crippen LogP contribution in [0.1, 0.15) is 5.82 Å². The van der Waals surface area contributed by atoms with Gasteiger partial charge >= 0.3 is 0 Å². The number of para-hydroxylation sites is 2. The zero-order valence-corrected chi connectivity index (χ0v) is 9.90. The number of aromatic amines is 1. The van der Waals surface area contributed by atoms with Crippen LogP contribution in [0.25, 0.3) is 0 Å². The zero-order chi connectivity index (χ0) is 12.7. The van der Waals surface area contributed by atoms with Gasteiger partial charge in [-0.1, -0.05) is 12.1 Å². The SMILES string of the molecule is Cc1nc(N2CC(=O)Nc3ccccc32)c(N)[nH]1. The first kappa shape index (κ1) is 10.6. The Morgan fingerprint density at radius 2 is 2.17 bits per heavy atom. The third-order valence-corrected chi connectivity index (χ3v) is 2.86. The molecule has 0 saturated carbocycles. The van der Waals surface area contributed by atoms with Gasteiger partial charge in [0.25, 0.3) is 0 Å². The number of imidazole rings is 1. The number of hydrogen-bond donors (Lipinski definition) is 3. The standard InChI is InChI=1S/C12H13N5O/c1-7-14-11(13)12(15-7)17-6-10(18)16-8-4-2-3-5-9(8)17/h2-5H,6,13H2,1H3,(H,14,15)(H,16,18). The molecular weight excluding hydrogens is 230 g/mol. The van der Waals surface area contributed by atoms with Crippen molar-refractivity contribution in [3.63, 3.8) is 0 Å². The fraction of sp³-hybridized carbons (Fsp3) is 0.167. The van der Waals surface area contributed by atoms with E-state index in [1.807, 2.05) is 36.1 Å². The summed E-state index contributed by atoms with van der Waals surface area (Å²) in [5.74, 6) is 1.71. The number of nitrogens with one attached hydrogen (secondary N) is 2. The van der Waals surface area contributed by atoms with Crippen molar-refractivity contribution in [1.82, 2.24) is 9.97 Å². The molecule has 0 aliphatic carbocycles. The number of aromatic nitrogens is 2. The van der Waals surface area contributed by atoms with Crippen molar-refractivity contribution in [2.24, 2.45) is 0 Å². The Balaban J connectivity index is 2.13. The van der Waals surface area contributed by atoms with Gasteiger partial charge in [-0.05, 0) is 19.1 Å². The van der Waals surface area contributed by atoms with Crippen LogP contribution in [-0.4, -0.2) is 22.4 Å². The van der Waals surface area contributed by atoms with Gasteiger partial charge in [0, 0.05) is 0 Å². The maximum Gasteiger partial charge on any atom is 0.244 e. The summed E-state index contributed by atoms with van der Waals surface area (Å²) in [4.78, 5) is 20.8. The van der Waals surface area contributed by atoms with Gasteiger partial charge < -0.3 is 20.9 Å². The minimum atomic E-state index is -0.0752. The average molecular weight is 243 g/mol. The van der Waals surface area contributed by atoms with Crippen LogP contribution in [0.4, 0.5) is 23.0 Å². The molecule has 2 aromatic rings. The van der Waals surface area contributed by atoms with Crippen LogP contribution >= 0.6 is 0 Å². The van der Waals surface area contributed by atoms with Gasteiger partial charge in [-0.15, -0.1) is 0 Å². The van der Waals surface area contributed by atoms with Crippen molar-refractivity contribution < 1.29 is 4.79 Å². The monoisotopic (exact) mass is 243 g/mol. The van der Waals surface area contributed by atoms with Crippen LogP contribution in [0.3, 0.4) is 0 Å². The van der Waals surface area contributed by atoms with E-state index in [2.05, 4.69) is 15.3 Å². The largest absolute Gasteiger partial charge is 0.382 e. The number of nitrogens with two attached hydrogens (primary N) is 1. The molecule has 1 aliphatic rings. The van der Waals surface area contributed by atoms with E-state index in [-0.39, 0.29) is 12.5 Å². The third kappa shape index (κ3) is 1.58. The lowest BCUT2D eigenvalue weighted by molar-refractivity contribution is -0.115. The quantitative estimate of drug-likeness (QED) is 0.706. The number of hydrogen-bond acceptors (Lipinski definition) is 4. The van der Waals surface area contributed by atoms with Crippen LogP contribution in [0, 0.1) is 6.92 Å². The van der Waals surface area contributed by atoms with Gasteiger partial charge in [0.2, 0.25) is 5.91 Å². The molecule has 0 bridgehead atoms. The molecular formula is C12H13N5O. The number of nitrogen functional groups attached to an aromatic ring is 1. The molecule has 92 valence electrons. The summed E-state index contributed by atoms with van der Waals surface area (Å²) < 4.78 is 0. The van der Waals surface area contributed by atoms with Crippen LogP contribution in [0.2, 0.25) is 0 Å². The predicted octanol–water partition coefficient (Wildman–Crippen LogP) is 1.39. The molecule has 0 radical (unpaired) electrons. The minimum Gasteiger partial charge on any atom is -0.382 e. The van der Waals surface area contributed by atoms with Crippen LogP contribution in [0.5, 0.6) is 0 Å². The van der Waals surface area contributed by atoms with Crippen LogP contribution in [-0.2, 0) is 4.79 Å². The van der Waals surface area contributed by atoms with E-state index < -0.39 is 0 Å². The zero-order valence-electron chi connectivity index (χ0n) is 9.90. The summed E-state index contributed by atoms with van der Waals surface area (Å²) in [7, 11) is 0. The Morgan fingerprint density at radius 1 is 1.39 bits per heavy atom. The lowest BCUT2D eigenvalue weighted by atomic mass is 10.2. The fourth-order valence-electron chi connectivity index (χ4n) is 2.13. The first-order valence-corrected chi connectivity index (χ1v) is 5.63. The van der Waals surface area contributed by atoms with Gasteiger partial charge in [0.1, 0.15) is 18.2 Å². The molecule has 1 amide bonds. The lowest BCUT2D eigenvalue weighted by Crippen LogP contribution is -2.35. The van der Waals surface area contributed by atoms with Gasteiger partial charge in [-0.25, -0.2) is 4.98 Å². The van der Waals surface area contributed by atoms with E-state index in [0.29, 0.717) is 11.6 Å². The number of carbonyl (C=O) groups excluding carboxylic acids is 1. The number of aryl methyl sites for hydroxylation is 1. The van der Waals surface area contributed by atoms with Crippen molar-refractivity contribution in [2.75, 3.05) is 22.5 Å². The van der Waals surface area contributed by atoms with E-state index in [1.54, 1.807) is 0 Å². The number of carbonyl (C=O) groups is 1. The number of benzene rings is 1. The molecule has 4 N–H and O–H groups in total. The molecule has 1 aromatic carbocycles. The average Bonchev–Trinajstić information content (AvgIpc) is 2.67. The normalized spacial score (nSPS) is 14.3. The Kier molecular flexibility index (Phi) is 2.22. The Bertz CT molecular complexity index is 619. The smallest absolute Gasteiger partial charge is 0.244 e. The maximum absolute atomic E-state index is 11.7. The summed E-state index contributed by atoms with van der Waals surface area (Å²) in [6.07, 6.45) is 0. The van der Waals surface area contributed by atoms with Crippen molar-refractivity contribution >= 4 is 28.9 Å². The highest BCUT2D eigenvalue weighted by Gasteiger charge is 2.25. The molecule has 0 saturated heterocycles. The van der Waals surface area contributed by atoms with Gasteiger partial charge in [0.15, 0.2) is 5.82 Å². The molecule has 3 rings (SSSR count). The van der Waals surface area contributed by atoms with Crippen LogP contribution in [0.15, 0.2) is 24.3 Å². The highest BCUT2D eigenvalue weighted by atomic mass is 16.2. The van der Waals surface area contributed by atoms with Crippen molar-refractivity contribution in [2.45, 2.75) is 6.92 Å². The van der Waals surface area contributed by atoms with E-state index in [9.17, 15) is 4.79 Å². The second kappa shape index (κ2) is 3.76. The summed E-state index contributed by atoms with van der Waals surface area (Å²) in [6, 6.07) is 7.58. The first-order valence-electron chi connectivity index (χ1n) is 5.63. The van der Waals surface area contributed by atoms with Gasteiger partial charge in [-0.3, -0.25) is 4.79 Å². The lowest BCUT2D eigenvalue weighted by Gasteiger charge is -2.29. The number of anilines is 4. The maximum atomic E-state index is 11.7. The molecule has 0 spiro atoms. The second-order valence-corrected chi connectivity index (χ2v) is 4.21. The Morgan fingerprint density at radius 3 is 2.89 bits per heavy atom. The minimum absolute atomic E-state index is 0.0752. The molecule has 0 unspecified atom stereocenters. The Hall–Kier alpha value is -2.50. The molecule has 1 aliphatic heterocycles. The molecule has 6 nitrogen and oxygen atoms in total. The highest BCUT2D eigenvalue weighted by molar-refractivity contribution is 6.03. The fourth-order valence-corrected chi connectivity index (χ4v) is 2.13. The van der Waals surface area contributed by atoms with E-state index in [1.165, 1.54) is 0 Å². The molecule has 6 heteroatoms. The van der Waals surface area contributed by atoms with Gasteiger partial charge in [-0.2, -0.15) is 0 Å². The number of rotatable bonds is 1. The summed E-state index contributed by atoms with van der Waals surface area (Å²) in [5, 5.41) is 2.83. The van der Waals surface area contributed by atoms with E-state index >= 15 is 0 Å². The molecule has 0 atom stereocenters. The molecule has 2 heterocycles. The number of nitrogens with zero attached hydrogens (tertiary/aromatic N) is 2. The van der Waals surface area contributed by atoms with Crippen molar-refractivity contribution in [1.29, 1.82) is 0 Å². The van der Waals surface area contributed by atoms with Crippen molar-refractivity contribution in [3.05, 3.63) is 30.1 Å². The predicted molar refractivity (Wildman–Crippen MR) is 69.8 cm³/mol. The second-order valence-electron chi connectivity index (χ2n) is 4.21.